The van der Waals surface area contributed by atoms with Crippen LogP contribution in [0.1, 0.15) is 51.5 Å². The Bertz CT molecular complexity index is 1050. The number of carbonyl (C=O) groups excluding carboxylic acids is 1. The molecular weight excluding hydrogens is 468 g/mol. The highest BCUT2D eigenvalue weighted by atomic mass is 32.2. The van der Waals surface area contributed by atoms with Gasteiger partial charge in [0.25, 0.3) is 0 Å². The number of carbonyl (C=O) groups is 1. The summed E-state index contributed by atoms with van der Waals surface area (Å²) in [6.07, 6.45) is 6.29. The van der Waals surface area contributed by atoms with Crippen molar-refractivity contribution in [3.8, 4) is 5.75 Å². The van der Waals surface area contributed by atoms with Gasteiger partial charge in [-0.3, -0.25) is 4.79 Å². The lowest BCUT2D eigenvalue weighted by Crippen LogP contribution is -2.50. The third-order valence-corrected chi connectivity index (χ3v) is 9.50. The van der Waals surface area contributed by atoms with E-state index < -0.39 is 22.2 Å². The average Bonchev–Trinajstić information content (AvgIpc) is 3.40. The monoisotopic (exact) mass is 506 g/mol. The molecule has 0 radical (unpaired) electrons. The van der Waals surface area contributed by atoms with Crippen LogP contribution in [-0.2, 0) is 19.6 Å². The highest BCUT2D eigenvalue weighted by Gasteiger charge is 2.39. The van der Waals surface area contributed by atoms with Crippen molar-refractivity contribution in [2.75, 3.05) is 40.0 Å². The van der Waals surface area contributed by atoms with Gasteiger partial charge in [-0.15, -0.1) is 0 Å². The first-order valence-electron chi connectivity index (χ1n) is 12.7. The molecule has 0 saturated carbocycles. The molecule has 1 aromatic rings. The summed E-state index contributed by atoms with van der Waals surface area (Å²) in [7, 11) is -2.09. The zero-order chi connectivity index (χ0) is 25.2. The standard InChI is InChI=1S/C26H38N2O6S/c1-18-15-28(19(2)17-29)35(31,32)25-9-8-22(20-6-4-5-7-20)14-23(25)34-24(18)16-27(3)26(30)21-10-12-33-13-11-21/h6,8-9,14,18-19,21,24,29H,4-5,7,10-13,15-17H2,1-3H3/t18-,19-,24+/m0/s1. The number of sulfonamides is 1. The molecule has 2 heterocycles. The van der Waals surface area contributed by atoms with Crippen molar-refractivity contribution in [2.24, 2.45) is 11.8 Å². The molecule has 4 rings (SSSR count). The molecule has 1 amide bonds. The topological polar surface area (TPSA) is 96.4 Å². The number of hydrogen-bond donors (Lipinski definition) is 1. The number of fused-ring (bicyclic) bond motifs is 1. The number of allylic oxidation sites excluding steroid dienone is 2. The van der Waals surface area contributed by atoms with Crippen molar-refractivity contribution < 1.29 is 27.8 Å². The molecule has 2 aliphatic heterocycles. The van der Waals surface area contributed by atoms with Crippen LogP contribution in [0.3, 0.4) is 0 Å². The largest absolute Gasteiger partial charge is 0.487 e. The molecule has 1 saturated heterocycles. The Morgan fingerprint density at radius 3 is 2.69 bits per heavy atom. The predicted octanol–water partition coefficient (Wildman–Crippen LogP) is 2.91. The Morgan fingerprint density at radius 1 is 1.29 bits per heavy atom. The van der Waals surface area contributed by atoms with E-state index in [-0.39, 0.29) is 35.8 Å². The SMILES string of the molecule is C[C@H]1CN([C@@H](C)CO)S(=O)(=O)c2ccc(C3=CCCC3)cc2O[C@@H]1CN(C)C(=O)C1CCOCC1. The van der Waals surface area contributed by atoms with Crippen molar-refractivity contribution in [3.63, 3.8) is 0 Å². The van der Waals surface area contributed by atoms with E-state index in [4.69, 9.17) is 9.47 Å². The summed E-state index contributed by atoms with van der Waals surface area (Å²) in [6.45, 7) is 5.11. The van der Waals surface area contributed by atoms with Crippen LogP contribution in [0.4, 0.5) is 0 Å². The highest BCUT2D eigenvalue weighted by Crippen LogP contribution is 2.37. The number of amides is 1. The van der Waals surface area contributed by atoms with Crippen LogP contribution in [-0.4, -0.2) is 80.7 Å². The van der Waals surface area contributed by atoms with Gasteiger partial charge in [0.05, 0.1) is 13.2 Å². The van der Waals surface area contributed by atoms with E-state index in [1.165, 1.54) is 9.88 Å². The molecule has 1 fully saturated rings. The molecule has 0 aromatic heterocycles. The summed E-state index contributed by atoms with van der Waals surface area (Å²) in [4.78, 5) is 14.9. The minimum atomic E-state index is -3.88. The smallest absolute Gasteiger partial charge is 0.247 e. The number of rotatable bonds is 6. The second kappa shape index (κ2) is 11.0. The quantitative estimate of drug-likeness (QED) is 0.637. The number of ether oxygens (including phenoxy) is 2. The van der Waals surface area contributed by atoms with Gasteiger partial charge in [-0.05, 0) is 62.3 Å². The van der Waals surface area contributed by atoms with Crippen LogP contribution in [0.25, 0.3) is 5.57 Å². The third kappa shape index (κ3) is 5.58. The van der Waals surface area contributed by atoms with Gasteiger partial charge < -0.3 is 19.5 Å². The maximum Gasteiger partial charge on any atom is 0.247 e. The maximum atomic E-state index is 13.6. The second-order valence-corrected chi connectivity index (χ2v) is 12.0. The molecule has 0 spiro atoms. The first kappa shape index (κ1) is 26.1. The molecule has 194 valence electrons. The molecule has 1 aromatic carbocycles. The van der Waals surface area contributed by atoms with Gasteiger partial charge in [0.2, 0.25) is 15.9 Å². The Morgan fingerprint density at radius 2 is 2.03 bits per heavy atom. The van der Waals surface area contributed by atoms with E-state index in [9.17, 15) is 18.3 Å². The van der Waals surface area contributed by atoms with E-state index in [1.807, 2.05) is 19.1 Å². The Labute approximate surface area is 208 Å². The van der Waals surface area contributed by atoms with Gasteiger partial charge >= 0.3 is 0 Å². The van der Waals surface area contributed by atoms with Crippen molar-refractivity contribution in [1.82, 2.24) is 9.21 Å². The lowest BCUT2D eigenvalue weighted by Gasteiger charge is -2.38. The van der Waals surface area contributed by atoms with Crippen molar-refractivity contribution in [3.05, 3.63) is 29.8 Å². The van der Waals surface area contributed by atoms with Crippen molar-refractivity contribution in [1.29, 1.82) is 0 Å². The van der Waals surface area contributed by atoms with Gasteiger partial charge in [-0.2, -0.15) is 4.31 Å². The Hall–Kier alpha value is -1.94. The van der Waals surface area contributed by atoms with Crippen molar-refractivity contribution >= 4 is 21.5 Å². The summed E-state index contributed by atoms with van der Waals surface area (Å²) in [5, 5.41) is 9.82. The first-order chi connectivity index (χ1) is 16.7. The number of benzene rings is 1. The number of likely N-dealkylation sites (N-methyl/N-ethyl adjacent to an activating group) is 1. The molecular formula is C26H38N2O6S. The molecule has 1 N–H and O–H groups in total. The van der Waals surface area contributed by atoms with Crippen LogP contribution in [0, 0.1) is 11.8 Å². The van der Waals surface area contributed by atoms with E-state index in [0.29, 0.717) is 38.3 Å². The normalized spacial score (nSPS) is 26.1. The zero-order valence-corrected chi connectivity index (χ0v) is 21.8. The molecule has 3 atom stereocenters. The summed E-state index contributed by atoms with van der Waals surface area (Å²) in [6, 6.07) is 4.73. The molecule has 35 heavy (non-hydrogen) atoms. The molecule has 1 aliphatic carbocycles. The van der Waals surface area contributed by atoms with E-state index in [0.717, 1.165) is 24.8 Å². The van der Waals surface area contributed by atoms with Gasteiger partial charge in [0.15, 0.2) is 0 Å². The fourth-order valence-corrected chi connectivity index (χ4v) is 7.02. The number of aliphatic hydroxyl groups is 1. The molecule has 8 nitrogen and oxygen atoms in total. The molecule has 0 unspecified atom stereocenters. The summed E-state index contributed by atoms with van der Waals surface area (Å²) in [5.74, 6) is 0.127. The van der Waals surface area contributed by atoms with E-state index in [2.05, 4.69) is 6.08 Å². The van der Waals surface area contributed by atoms with Crippen LogP contribution in [0.15, 0.2) is 29.2 Å². The fourth-order valence-electron chi connectivity index (χ4n) is 5.19. The summed E-state index contributed by atoms with van der Waals surface area (Å²) < 4.78 is 40.5. The predicted molar refractivity (Wildman–Crippen MR) is 133 cm³/mol. The average molecular weight is 507 g/mol. The Balaban J connectivity index is 1.67. The van der Waals surface area contributed by atoms with Crippen LogP contribution < -0.4 is 4.74 Å². The minimum absolute atomic E-state index is 0.0582. The summed E-state index contributed by atoms with van der Waals surface area (Å²) in [5.41, 5.74) is 2.17. The van der Waals surface area contributed by atoms with Gasteiger partial charge in [-0.25, -0.2) is 8.42 Å². The molecule has 0 bridgehead atoms. The van der Waals surface area contributed by atoms with Crippen LogP contribution in [0.5, 0.6) is 5.75 Å². The molecule has 9 heteroatoms. The van der Waals surface area contributed by atoms with E-state index in [1.54, 1.807) is 24.9 Å². The number of hydrogen-bond acceptors (Lipinski definition) is 6. The van der Waals surface area contributed by atoms with Crippen molar-refractivity contribution in [2.45, 2.75) is 63.0 Å². The lowest BCUT2D eigenvalue weighted by molar-refractivity contribution is -0.138. The number of aliphatic hydroxyl groups excluding tert-OH is 1. The zero-order valence-electron chi connectivity index (χ0n) is 21.0. The summed E-state index contributed by atoms with van der Waals surface area (Å²) >= 11 is 0. The second-order valence-electron chi connectivity index (χ2n) is 10.1. The highest BCUT2D eigenvalue weighted by molar-refractivity contribution is 7.89. The maximum absolute atomic E-state index is 13.6. The Kier molecular flexibility index (Phi) is 8.20. The minimum Gasteiger partial charge on any atom is -0.487 e. The lowest BCUT2D eigenvalue weighted by atomic mass is 9.97. The van der Waals surface area contributed by atoms with Crippen LogP contribution >= 0.6 is 0 Å². The van der Waals surface area contributed by atoms with Crippen LogP contribution in [0.2, 0.25) is 0 Å². The third-order valence-electron chi connectivity index (χ3n) is 7.48. The molecule has 3 aliphatic rings. The van der Waals surface area contributed by atoms with Gasteiger partial charge in [0, 0.05) is 44.7 Å². The van der Waals surface area contributed by atoms with Gasteiger partial charge in [-0.1, -0.05) is 19.1 Å². The fraction of sp³-hybridized carbons (Fsp3) is 0.654. The van der Waals surface area contributed by atoms with Gasteiger partial charge in [0.1, 0.15) is 16.7 Å². The number of nitrogens with zero attached hydrogens (tertiary/aromatic N) is 2. The van der Waals surface area contributed by atoms with E-state index >= 15 is 0 Å². The first-order valence-corrected chi connectivity index (χ1v) is 14.1.